The van der Waals surface area contributed by atoms with Crippen LogP contribution in [0.5, 0.6) is 0 Å². The molecule has 0 spiro atoms. The molecule has 1 amide bonds. The molecule has 0 fully saturated rings. The van der Waals surface area contributed by atoms with Crippen molar-refractivity contribution in [3.05, 3.63) is 6.20 Å². The lowest BCUT2D eigenvalue weighted by atomic mass is 10.2. The van der Waals surface area contributed by atoms with Crippen LogP contribution in [0.1, 0.15) is 20.8 Å². The Kier molecular flexibility index (Phi) is 4.60. The Balaban J connectivity index is 2.09. The van der Waals surface area contributed by atoms with Gasteiger partial charge in [0.15, 0.2) is 0 Å². The highest BCUT2D eigenvalue weighted by Crippen LogP contribution is 2.11. The van der Waals surface area contributed by atoms with Crippen LogP contribution in [-0.4, -0.2) is 39.4 Å². The maximum atomic E-state index is 11.2. The smallest absolute Gasteiger partial charge is 0.407 e. The van der Waals surface area contributed by atoms with E-state index in [4.69, 9.17) is 4.74 Å². The zero-order valence-corrected chi connectivity index (χ0v) is 10.4. The Morgan fingerprint density at radius 2 is 2.38 bits per heavy atom. The molecule has 0 bridgehead atoms. The number of hydrogen-bond acceptors (Lipinski definition) is 5. The van der Waals surface area contributed by atoms with Gasteiger partial charge in [0.25, 0.3) is 0 Å². The number of alkyl carbamates (subject to hydrolysis) is 1. The molecule has 0 aliphatic heterocycles. The number of aromatic nitrogens is 3. The second-order valence-corrected chi connectivity index (χ2v) is 5.23. The van der Waals surface area contributed by atoms with E-state index in [0.717, 1.165) is 10.8 Å². The summed E-state index contributed by atoms with van der Waals surface area (Å²) < 4.78 is 5.08. The van der Waals surface area contributed by atoms with Gasteiger partial charge in [-0.1, -0.05) is 5.21 Å². The molecule has 0 atom stereocenters. The quantitative estimate of drug-likeness (QED) is 0.618. The first-order valence-corrected chi connectivity index (χ1v) is 5.91. The van der Waals surface area contributed by atoms with Crippen LogP contribution in [0, 0.1) is 0 Å². The van der Waals surface area contributed by atoms with Crippen LogP contribution < -0.4 is 5.32 Å². The number of amides is 1. The van der Waals surface area contributed by atoms with E-state index in [-0.39, 0.29) is 0 Å². The molecule has 90 valence electrons. The van der Waals surface area contributed by atoms with Gasteiger partial charge in [0.05, 0.1) is 6.20 Å². The highest BCUT2D eigenvalue weighted by Gasteiger charge is 2.15. The van der Waals surface area contributed by atoms with Gasteiger partial charge in [-0.25, -0.2) is 4.79 Å². The molecule has 1 heterocycles. The first-order valence-electron chi connectivity index (χ1n) is 4.93. The zero-order chi connectivity index (χ0) is 12.0. The average Bonchev–Trinajstić information content (AvgIpc) is 2.62. The van der Waals surface area contributed by atoms with Crippen LogP contribution in [0.25, 0.3) is 0 Å². The van der Waals surface area contributed by atoms with Gasteiger partial charge in [-0.3, -0.25) is 5.10 Å². The summed E-state index contributed by atoms with van der Waals surface area (Å²) in [6.07, 6.45) is 1.24. The summed E-state index contributed by atoms with van der Waals surface area (Å²) in [4.78, 5) is 11.2. The van der Waals surface area contributed by atoms with Gasteiger partial charge < -0.3 is 10.1 Å². The van der Waals surface area contributed by atoms with Gasteiger partial charge in [0.1, 0.15) is 10.6 Å². The van der Waals surface area contributed by atoms with Crippen LogP contribution in [-0.2, 0) is 4.74 Å². The molecule has 0 radical (unpaired) electrons. The second kappa shape index (κ2) is 5.74. The summed E-state index contributed by atoms with van der Waals surface area (Å²) in [6, 6.07) is 0. The summed E-state index contributed by atoms with van der Waals surface area (Å²) in [5.41, 5.74) is -0.454. The summed E-state index contributed by atoms with van der Waals surface area (Å²) >= 11 is 1.54. The van der Waals surface area contributed by atoms with E-state index >= 15 is 0 Å². The molecule has 16 heavy (non-hydrogen) atoms. The minimum atomic E-state index is -0.454. The number of rotatable bonds is 4. The number of aromatic amines is 1. The van der Waals surface area contributed by atoms with Crippen molar-refractivity contribution in [2.45, 2.75) is 31.4 Å². The fourth-order valence-corrected chi connectivity index (χ4v) is 1.54. The Bertz CT molecular complexity index is 321. The molecule has 0 saturated carbocycles. The summed E-state index contributed by atoms with van der Waals surface area (Å²) in [5, 5.41) is 13.5. The topological polar surface area (TPSA) is 79.9 Å². The number of H-pyrrole nitrogens is 1. The monoisotopic (exact) mass is 244 g/mol. The molecular weight excluding hydrogens is 228 g/mol. The second-order valence-electron chi connectivity index (χ2n) is 4.10. The predicted molar refractivity (Wildman–Crippen MR) is 61.3 cm³/mol. The molecule has 0 unspecified atom stereocenters. The molecule has 2 N–H and O–H groups in total. The summed E-state index contributed by atoms with van der Waals surface area (Å²) in [5.74, 6) is 0.739. The third-order valence-corrected chi connectivity index (χ3v) is 2.34. The normalized spacial score (nSPS) is 11.2. The number of nitrogens with one attached hydrogen (secondary N) is 2. The molecule has 7 heteroatoms. The Hall–Kier alpha value is -1.24. The SMILES string of the molecule is CC(C)(C)OC(=O)NCCSc1cnn[nH]1. The summed E-state index contributed by atoms with van der Waals surface area (Å²) in [6.45, 7) is 6.03. The maximum absolute atomic E-state index is 11.2. The standard InChI is InChI=1S/C9H16N4O2S/c1-9(2,3)15-8(14)10-4-5-16-7-6-11-13-12-7/h6H,4-5H2,1-3H3,(H,10,14)(H,11,12,13). The van der Waals surface area contributed by atoms with E-state index in [9.17, 15) is 4.79 Å². The predicted octanol–water partition coefficient (Wildman–Crippen LogP) is 1.42. The van der Waals surface area contributed by atoms with Crippen LogP contribution in [0.15, 0.2) is 11.2 Å². The molecule has 1 aromatic heterocycles. The van der Waals surface area contributed by atoms with Crippen molar-refractivity contribution >= 4 is 17.9 Å². The number of carbonyl (C=O) groups is 1. The molecular formula is C9H16N4O2S. The largest absolute Gasteiger partial charge is 0.444 e. The number of carbonyl (C=O) groups excluding carboxylic acids is 1. The van der Waals surface area contributed by atoms with Gasteiger partial charge in [0.2, 0.25) is 0 Å². The van der Waals surface area contributed by atoms with Crippen molar-refractivity contribution < 1.29 is 9.53 Å². The van der Waals surface area contributed by atoms with Crippen LogP contribution in [0.2, 0.25) is 0 Å². The van der Waals surface area contributed by atoms with Crippen LogP contribution in [0.4, 0.5) is 4.79 Å². The van der Waals surface area contributed by atoms with E-state index in [2.05, 4.69) is 20.7 Å². The number of thioether (sulfide) groups is 1. The number of nitrogens with zero attached hydrogens (tertiary/aromatic N) is 2. The Labute approximate surface area is 98.5 Å². The molecule has 0 aliphatic carbocycles. The zero-order valence-electron chi connectivity index (χ0n) is 9.61. The minimum absolute atomic E-state index is 0.393. The number of hydrogen-bond donors (Lipinski definition) is 2. The Morgan fingerprint density at radius 1 is 1.62 bits per heavy atom. The van der Waals surface area contributed by atoms with E-state index in [1.807, 2.05) is 20.8 Å². The van der Waals surface area contributed by atoms with Gasteiger partial charge in [-0.2, -0.15) is 0 Å². The molecule has 1 rings (SSSR count). The lowest BCUT2D eigenvalue weighted by Crippen LogP contribution is -2.33. The minimum Gasteiger partial charge on any atom is -0.444 e. The van der Waals surface area contributed by atoms with E-state index < -0.39 is 11.7 Å². The first-order chi connectivity index (χ1) is 7.47. The third-order valence-electron chi connectivity index (χ3n) is 1.42. The van der Waals surface area contributed by atoms with Gasteiger partial charge in [0, 0.05) is 12.3 Å². The fourth-order valence-electron chi connectivity index (χ4n) is 0.886. The van der Waals surface area contributed by atoms with Gasteiger partial charge >= 0.3 is 6.09 Å². The fraction of sp³-hybridized carbons (Fsp3) is 0.667. The van der Waals surface area contributed by atoms with Crippen molar-refractivity contribution in [1.82, 2.24) is 20.7 Å². The molecule has 0 saturated heterocycles. The molecule has 0 aliphatic rings. The van der Waals surface area contributed by atoms with Crippen LogP contribution in [0.3, 0.4) is 0 Å². The van der Waals surface area contributed by atoms with E-state index in [1.165, 1.54) is 11.8 Å². The average molecular weight is 244 g/mol. The van der Waals surface area contributed by atoms with Gasteiger partial charge in [-0.15, -0.1) is 16.9 Å². The molecule has 6 nitrogen and oxygen atoms in total. The maximum Gasteiger partial charge on any atom is 0.407 e. The lowest BCUT2D eigenvalue weighted by Gasteiger charge is -2.19. The van der Waals surface area contributed by atoms with Crippen LogP contribution >= 0.6 is 11.8 Å². The summed E-state index contributed by atoms with van der Waals surface area (Å²) in [7, 11) is 0. The van der Waals surface area contributed by atoms with Crippen molar-refractivity contribution in [2.75, 3.05) is 12.3 Å². The van der Waals surface area contributed by atoms with Gasteiger partial charge in [-0.05, 0) is 20.8 Å². The number of ether oxygens (including phenoxy) is 1. The van der Waals surface area contributed by atoms with Crippen molar-refractivity contribution in [3.63, 3.8) is 0 Å². The van der Waals surface area contributed by atoms with Crippen molar-refractivity contribution in [3.8, 4) is 0 Å². The van der Waals surface area contributed by atoms with Crippen molar-refractivity contribution in [2.24, 2.45) is 0 Å². The third kappa shape index (κ3) is 5.59. The van der Waals surface area contributed by atoms with Crippen molar-refractivity contribution in [1.29, 1.82) is 0 Å². The molecule has 1 aromatic rings. The van der Waals surface area contributed by atoms with E-state index in [0.29, 0.717) is 6.54 Å². The lowest BCUT2D eigenvalue weighted by molar-refractivity contribution is 0.0531. The molecule has 0 aromatic carbocycles. The van der Waals surface area contributed by atoms with E-state index in [1.54, 1.807) is 6.20 Å². The highest BCUT2D eigenvalue weighted by atomic mass is 32.2. The highest BCUT2D eigenvalue weighted by molar-refractivity contribution is 7.99. The Morgan fingerprint density at radius 3 is 2.94 bits per heavy atom. The first kappa shape index (κ1) is 12.8.